The summed E-state index contributed by atoms with van der Waals surface area (Å²) in [5.41, 5.74) is -0.689. The van der Waals surface area contributed by atoms with E-state index in [1.807, 2.05) is 0 Å². The molecule has 2 aromatic rings. The van der Waals surface area contributed by atoms with Crippen molar-refractivity contribution < 1.29 is 9.85 Å². The van der Waals surface area contributed by atoms with Gasteiger partial charge in [0.1, 0.15) is 5.69 Å². The van der Waals surface area contributed by atoms with Gasteiger partial charge in [0.15, 0.2) is 0 Å². The van der Waals surface area contributed by atoms with E-state index in [4.69, 9.17) is 0 Å². The minimum absolute atomic E-state index is 0.0872. The average Bonchev–Trinajstić information content (AvgIpc) is 2.81. The van der Waals surface area contributed by atoms with Crippen molar-refractivity contribution in [3.63, 3.8) is 0 Å². The van der Waals surface area contributed by atoms with Crippen molar-refractivity contribution in [1.29, 1.82) is 0 Å². The number of aromatic nitrogens is 3. The molecule has 0 aliphatic heterocycles. The number of rotatable bonds is 4. The molecule has 0 atom stereocenters. The number of nitrogens with one attached hydrogen (secondary N) is 1. The van der Waals surface area contributed by atoms with Crippen LogP contribution in [0.3, 0.4) is 0 Å². The van der Waals surface area contributed by atoms with E-state index in [0.29, 0.717) is 0 Å². The Morgan fingerprint density at radius 3 is 2.56 bits per heavy atom. The number of nitro benzene ring substituents is 2. The smallest absolute Gasteiger partial charge is 0.299 e. The molecule has 0 spiro atoms. The standard InChI is InChI=1S/C7H4N6O4S/c14-12(15)4-1-2-5(6(3-4)13(16)17)8-7-9-10-11-18-7/h1-3H,(H,8,9,11). The van der Waals surface area contributed by atoms with Crippen LogP contribution in [0.15, 0.2) is 18.2 Å². The quantitative estimate of drug-likeness (QED) is 0.650. The molecule has 2 rings (SSSR count). The van der Waals surface area contributed by atoms with E-state index in [9.17, 15) is 20.2 Å². The highest BCUT2D eigenvalue weighted by Gasteiger charge is 2.20. The molecule has 11 heteroatoms. The first kappa shape index (κ1) is 11.8. The van der Waals surface area contributed by atoms with Gasteiger partial charge in [0.25, 0.3) is 11.4 Å². The Kier molecular flexibility index (Phi) is 3.05. The maximum Gasteiger partial charge on any atom is 0.299 e. The van der Waals surface area contributed by atoms with Crippen LogP contribution in [0.25, 0.3) is 0 Å². The molecule has 18 heavy (non-hydrogen) atoms. The summed E-state index contributed by atoms with van der Waals surface area (Å²) < 4.78 is 3.48. The average molecular weight is 268 g/mol. The molecule has 0 radical (unpaired) electrons. The number of nitro groups is 2. The van der Waals surface area contributed by atoms with E-state index in [1.165, 1.54) is 6.07 Å². The van der Waals surface area contributed by atoms with Gasteiger partial charge < -0.3 is 5.32 Å². The van der Waals surface area contributed by atoms with Gasteiger partial charge in [0.05, 0.1) is 15.9 Å². The minimum atomic E-state index is -0.718. The van der Waals surface area contributed by atoms with Gasteiger partial charge in [-0.3, -0.25) is 20.2 Å². The fourth-order valence-electron chi connectivity index (χ4n) is 1.19. The second kappa shape index (κ2) is 4.67. The first-order valence-corrected chi connectivity index (χ1v) is 5.20. The van der Waals surface area contributed by atoms with E-state index in [2.05, 4.69) is 20.1 Å². The Hall–Kier alpha value is -2.69. The molecule has 1 aromatic carbocycles. The van der Waals surface area contributed by atoms with Crippen molar-refractivity contribution >= 4 is 33.7 Å². The zero-order valence-electron chi connectivity index (χ0n) is 8.51. The van der Waals surface area contributed by atoms with Gasteiger partial charge in [-0.25, -0.2) is 0 Å². The molecule has 0 aliphatic carbocycles. The van der Waals surface area contributed by atoms with Gasteiger partial charge >= 0.3 is 0 Å². The van der Waals surface area contributed by atoms with Crippen LogP contribution in [0.1, 0.15) is 0 Å². The zero-order chi connectivity index (χ0) is 13.1. The van der Waals surface area contributed by atoms with Crippen LogP contribution in [0, 0.1) is 20.2 Å². The highest BCUT2D eigenvalue weighted by Crippen LogP contribution is 2.31. The summed E-state index contributed by atoms with van der Waals surface area (Å²) in [7, 11) is 0. The van der Waals surface area contributed by atoms with Crippen LogP contribution >= 0.6 is 11.5 Å². The largest absolute Gasteiger partial charge is 0.323 e. The van der Waals surface area contributed by atoms with Gasteiger partial charge in [-0.15, -0.1) is 0 Å². The van der Waals surface area contributed by atoms with Crippen LogP contribution in [0.4, 0.5) is 22.2 Å². The fourth-order valence-corrected chi connectivity index (χ4v) is 1.57. The summed E-state index contributed by atoms with van der Waals surface area (Å²) in [6.45, 7) is 0. The molecule has 0 amide bonds. The first-order valence-electron chi connectivity index (χ1n) is 4.43. The van der Waals surface area contributed by atoms with Gasteiger partial charge in [-0.2, -0.15) is 0 Å². The molecule has 1 N–H and O–H groups in total. The third-order valence-electron chi connectivity index (χ3n) is 1.93. The predicted octanol–water partition coefficient (Wildman–Crippen LogP) is 1.49. The molecule has 0 saturated heterocycles. The lowest BCUT2D eigenvalue weighted by atomic mass is 10.2. The summed E-state index contributed by atoms with van der Waals surface area (Å²) in [5, 5.41) is 31.1. The molecule has 92 valence electrons. The van der Waals surface area contributed by atoms with Crippen molar-refractivity contribution in [2.45, 2.75) is 0 Å². The molecular formula is C7H4N6O4S. The second-order valence-electron chi connectivity index (χ2n) is 3.01. The van der Waals surface area contributed by atoms with Gasteiger partial charge in [0.2, 0.25) is 5.13 Å². The third-order valence-corrected chi connectivity index (χ3v) is 2.44. The summed E-state index contributed by atoms with van der Waals surface area (Å²) >= 11 is 0.909. The first-order chi connectivity index (χ1) is 8.58. The van der Waals surface area contributed by atoms with Crippen molar-refractivity contribution in [3.8, 4) is 0 Å². The maximum absolute atomic E-state index is 10.8. The Morgan fingerprint density at radius 2 is 2.00 bits per heavy atom. The van der Waals surface area contributed by atoms with Crippen LogP contribution in [-0.4, -0.2) is 24.6 Å². The minimum Gasteiger partial charge on any atom is -0.323 e. The van der Waals surface area contributed by atoms with E-state index < -0.39 is 15.5 Å². The lowest BCUT2D eigenvalue weighted by Gasteiger charge is -2.02. The van der Waals surface area contributed by atoms with Crippen LogP contribution < -0.4 is 5.32 Å². The zero-order valence-corrected chi connectivity index (χ0v) is 9.33. The third kappa shape index (κ3) is 2.35. The Bertz CT molecular complexity index is 600. The lowest BCUT2D eigenvalue weighted by molar-refractivity contribution is -0.393. The van der Waals surface area contributed by atoms with Crippen molar-refractivity contribution in [2.75, 3.05) is 5.32 Å². The lowest BCUT2D eigenvalue weighted by Crippen LogP contribution is -1.98. The summed E-state index contributed by atoms with van der Waals surface area (Å²) in [5.74, 6) is 0. The molecule has 10 nitrogen and oxygen atoms in total. The second-order valence-corrected chi connectivity index (χ2v) is 3.74. The van der Waals surface area contributed by atoms with Crippen LogP contribution in [0.5, 0.6) is 0 Å². The highest BCUT2D eigenvalue weighted by molar-refractivity contribution is 7.09. The van der Waals surface area contributed by atoms with Gasteiger partial charge in [-0.05, 0) is 11.3 Å². The van der Waals surface area contributed by atoms with Crippen molar-refractivity contribution in [3.05, 3.63) is 38.4 Å². The number of nitrogens with zero attached hydrogens (tertiary/aromatic N) is 5. The van der Waals surface area contributed by atoms with E-state index >= 15 is 0 Å². The number of non-ortho nitro benzene ring substituents is 1. The molecule has 0 saturated carbocycles. The van der Waals surface area contributed by atoms with Gasteiger partial charge in [-0.1, -0.05) is 9.59 Å². The molecule has 0 aliphatic rings. The number of hydrogen-bond donors (Lipinski definition) is 1. The Balaban J connectivity index is 2.40. The van der Waals surface area contributed by atoms with Crippen LogP contribution in [0.2, 0.25) is 0 Å². The Labute approximate surface area is 103 Å². The normalized spacial score (nSPS) is 10.0. The highest BCUT2D eigenvalue weighted by atomic mass is 32.1. The summed E-state index contributed by atoms with van der Waals surface area (Å²) in [6, 6.07) is 3.26. The number of hydrogen-bond acceptors (Lipinski definition) is 9. The van der Waals surface area contributed by atoms with E-state index in [1.54, 1.807) is 0 Å². The fraction of sp³-hybridized carbons (Fsp3) is 0. The van der Waals surface area contributed by atoms with E-state index in [-0.39, 0.29) is 16.5 Å². The molecule has 1 aromatic heterocycles. The SMILES string of the molecule is O=[N+]([O-])c1ccc(Nc2nnns2)c([N+](=O)[O-])c1. The predicted molar refractivity (Wildman–Crippen MR) is 60.7 cm³/mol. The summed E-state index contributed by atoms with van der Waals surface area (Å²) in [4.78, 5) is 19.9. The molecule has 0 bridgehead atoms. The molecular weight excluding hydrogens is 264 g/mol. The summed E-state index contributed by atoms with van der Waals surface area (Å²) in [6.07, 6.45) is 0. The monoisotopic (exact) mass is 268 g/mol. The van der Waals surface area contributed by atoms with Gasteiger partial charge in [0, 0.05) is 17.6 Å². The topological polar surface area (TPSA) is 137 Å². The molecule has 1 heterocycles. The number of anilines is 2. The van der Waals surface area contributed by atoms with Crippen molar-refractivity contribution in [1.82, 2.24) is 14.8 Å². The van der Waals surface area contributed by atoms with Crippen molar-refractivity contribution in [2.24, 2.45) is 0 Å². The van der Waals surface area contributed by atoms with Crippen LogP contribution in [-0.2, 0) is 0 Å². The number of benzene rings is 1. The maximum atomic E-state index is 10.8. The Morgan fingerprint density at radius 1 is 1.22 bits per heavy atom. The molecule has 0 unspecified atom stereocenters. The molecule has 0 fully saturated rings. The van der Waals surface area contributed by atoms with E-state index in [0.717, 1.165) is 23.7 Å².